The summed E-state index contributed by atoms with van der Waals surface area (Å²) in [5, 5.41) is 2.72. The van der Waals surface area contributed by atoms with Gasteiger partial charge in [0.1, 0.15) is 0 Å². The molecule has 0 heterocycles. The molecule has 0 rings (SSSR count). The Kier molecular flexibility index (Phi) is 6.56. The number of allylic oxidation sites excluding steroid dienone is 1. The van der Waals surface area contributed by atoms with Crippen molar-refractivity contribution in [1.29, 1.82) is 0 Å². The number of hydrogen-bond donors (Lipinski definition) is 2. The van der Waals surface area contributed by atoms with Crippen molar-refractivity contribution in [2.24, 2.45) is 5.41 Å². The zero-order valence-electron chi connectivity index (χ0n) is 11.3. The Labute approximate surface area is 109 Å². The first-order valence-corrected chi connectivity index (χ1v) is 7.50. The van der Waals surface area contributed by atoms with Crippen molar-refractivity contribution < 1.29 is 17.8 Å². The lowest BCUT2D eigenvalue weighted by Crippen LogP contribution is -2.38. The molecule has 6 heteroatoms. The molecule has 0 saturated heterocycles. The van der Waals surface area contributed by atoms with Gasteiger partial charge in [0, 0.05) is 13.0 Å². The van der Waals surface area contributed by atoms with Crippen LogP contribution in [-0.2, 0) is 14.9 Å². The van der Waals surface area contributed by atoms with Gasteiger partial charge in [-0.2, -0.15) is 8.42 Å². The first-order valence-electron chi connectivity index (χ1n) is 5.89. The van der Waals surface area contributed by atoms with Crippen LogP contribution in [0.4, 0.5) is 0 Å². The van der Waals surface area contributed by atoms with Gasteiger partial charge in [-0.1, -0.05) is 19.9 Å². The normalized spacial score (nSPS) is 14.0. The van der Waals surface area contributed by atoms with Crippen LogP contribution in [0.1, 0.15) is 40.0 Å². The fourth-order valence-corrected chi connectivity index (χ4v) is 2.53. The summed E-state index contributed by atoms with van der Waals surface area (Å²) in [6.07, 6.45) is 3.41. The van der Waals surface area contributed by atoms with Gasteiger partial charge in [0.25, 0.3) is 10.1 Å². The Balaban J connectivity index is 4.58. The maximum absolute atomic E-state index is 11.1. The summed E-state index contributed by atoms with van der Waals surface area (Å²) < 4.78 is 30.2. The minimum absolute atomic E-state index is 0.0753. The Morgan fingerprint density at radius 2 is 2.06 bits per heavy atom. The summed E-state index contributed by atoms with van der Waals surface area (Å²) in [5.74, 6) is -0.549. The average Bonchev–Trinajstić information content (AvgIpc) is 2.11. The third kappa shape index (κ3) is 9.18. The molecule has 0 aliphatic rings. The van der Waals surface area contributed by atoms with Crippen LogP contribution in [0.5, 0.6) is 0 Å². The summed E-state index contributed by atoms with van der Waals surface area (Å²) >= 11 is 0. The molecule has 1 unspecified atom stereocenters. The maximum atomic E-state index is 11.1. The lowest BCUT2D eigenvalue weighted by molar-refractivity contribution is -0.119. The maximum Gasteiger partial charge on any atom is 0.264 e. The van der Waals surface area contributed by atoms with Crippen molar-refractivity contribution >= 4 is 16.0 Å². The van der Waals surface area contributed by atoms with Crippen molar-refractivity contribution in [2.45, 2.75) is 46.1 Å². The molecule has 106 valence electrons. The molecular formula is C12H23NO4S. The molecule has 0 aromatic carbocycles. The molecule has 0 radical (unpaired) electrons. The van der Waals surface area contributed by atoms with Crippen molar-refractivity contribution in [2.75, 3.05) is 5.75 Å². The fourth-order valence-electron chi connectivity index (χ4n) is 1.95. The van der Waals surface area contributed by atoms with E-state index in [2.05, 4.69) is 11.9 Å². The molecule has 0 bridgehead atoms. The minimum Gasteiger partial charge on any atom is -0.354 e. The minimum atomic E-state index is -3.99. The average molecular weight is 277 g/mol. The van der Waals surface area contributed by atoms with Crippen LogP contribution in [0.2, 0.25) is 0 Å². The van der Waals surface area contributed by atoms with Crippen molar-refractivity contribution in [3.05, 3.63) is 12.7 Å². The number of hydrogen-bond acceptors (Lipinski definition) is 3. The van der Waals surface area contributed by atoms with Gasteiger partial charge >= 0.3 is 0 Å². The first kappa shape index (κ1) is 17.1. The number of carbonyl (C=O) groups excluding carboxylic acids is 1. The van der Waals surface area contributed by atoms with E-state index in [1.807, 2.05) is 13.8 Å². The first-order chi connectivity index (χ1) is 8.06. The second-order valence-electron chi connectivity index (χ2n) is 5.33. The van der Waals surface area contributed by atoms with Crippen LogP contribution in [0.3, 0.4) is 0 Å². The van der Waals surface area contributed by atoms with E-state index in [1.165, 1.54) is 6.92 Å². The van der Waals surface area contributed by atoms with Crippen LogP contribution < -0.4 is 5.32 Å². The highest BCUT2D eigenvalue weighted by Gasteiger charge is 2.24. The molecule has 0 spiro atoms. The summed E-state index contributed by atoms with van der Waals surface area (Å²) in [6, 6.07) is -0.264. The summed E-state index contributed by atoms with van der Waals surface area (Å²) in [7, 11) is -3.99. The second-order valence-corrected chi connectivity index (χ2v) is 6.91. The number of amides is 1. The van der Waals surface area contributed by atoms with Crippen LogP contribution >= 0.6 is 0 Å². The Morgan fingerprint density at radius 1 is 1.50 bits per heavy atom. The summed E-state index contributed by atoms with van der Waals surface area (Å²) in [5.41, 5.74) is -0.0753. The molecule has 0 aromatic rings. The standard InChI is InChI=1S/C12H23NO4S/c1-5-7-12(3,4)9-11(13-10(2)14)6-8-18(15,16)17/h5,11H,1,6-9H2,2-4H3,(H,13,14)(H,15,16,17). The molecule has 0 aliphatic heterocycles. The van der Waals surface area contributed by atoms with Gasteiger partial charge in [0.05, 0.1) is 5.75 Å². The molecule has 2 N–H and O–H groups in total. The fraction of sp³-hybridized carbons (Fsp3) is 0.750. The smallest absolute Gasteiger partial charge is 0.264 e. The SMILES string of the molecule is C=CCC(C)(C)CC(CCS(=O)(=O)O)NC(C)=O. The van der Waals surface area contributed by atoms with Crippen LogP contribution in [0.25, 0.3) is 0 Å². The monoisotopic (exact) mass is 277 g/mol. The Bertz CT molecular complexity index is 387. The van der Waals surface area contributed by atoms with Gasteiger partial charge in [0.2, 0.25) is 5.91 Å². The van der Waals surface area contributed by atoms with Gasteiger partial charge in [-0.05, 0) is 24.7 Å². The third-order valence-electron chi connectivity index (χ3n) is 2.63. The molecule has 5 nitrogen and oxygen atoms in total. The topological polar surface area (TPSA) is 83.5 Å². The van der Waals surface area contributed by atoms with E-state index in [0.717, 1.165) is 6.42 Å². The van der Waals surface area contributed by atoms with Gasteiger partial charge in [-0.15, -0.1) is 6.58 Å². The number of rotatable bonds is 8. The lowest BCUT2D eigenvalue weighted by atomic mass is 9.82. The predicted molar refractivity (Wildman–Crippen MR) is 71.8 cm³/mol. The molecule has 0 saturated carbocycles. The molecule has 0 aliphatic carbocycles. The van der Waals surface area contributed by atoms with Gasteiger partial charge in [0.15, 0.2) is 0 Å². The highest BCUT2D eigenvalue weighted by atomic mass is 32.2. The van der Waals surface area contributed by atoms with Crippen LogP contribution in [0, 0.1) is 5.41 Å². The zero-order valence-corrected chi connectivity index (χ0v) is 12.1. The number of carbonyl (C=O) groups is 1. The van der Waals surface area contributed by atoms with E-state index in [9.17, 15) is 13.2 Å². The molecule has 18 heavy (non-hydrogen) atoms. The predicted octanol–water partition coefficient (Wildman–Crippen LogP) is 1.76. The number of nitrogens with one attached hydrogen (secondary N) is 1. The Morgan fingerprint density at radius 3 is 2.44 bits per heavy atom. The van der Waals surface area contributed by atoms with Crippen molar-refractivity contribution in [1.82, 2.24) is 5.32 Å². The third-order valence-corrected chi connectivity index (χ3v) is 3.38. The molecule has 0 aromatic heterocycles. The van der Waals surface area contributed by atoms with E-state index >= 15 is 0 Å². The zero-order chi connectivity index (χ0) is 14.4. The summed E-state index contributed by atoms with van der Waals surface area (Å²) in [4.78, 5) is 11.1. The largest absolute Gasteiger partial charge is 0.354 e. The van der Waals surface area contributed by atoms with E-state index < -0.39 is 10.1 Å². The molecule has 1 amide bonds. The van der Waals surface area contributed by atoms with Crippen molar-refractivity contribution in [3.63, 3.8) is 0 Å². The van der Waals surface area contributed by atoms with E-state index in [4.69, 9.17) is 4.55 Å². The van der Waals surface area contributed by atoms with Crippen LogP contribution in [-0.4, -0.2) is 30.7 Å². The quantitative estimate of drug-likeness (QED) is 0.523. The second kappa shape index (κ2) is 6.89. The molecular weight excluding hydrogens is 254 g/mol. The van der Waals surface area contributed by atoms with Crippen LogP contribution in [0.15, 0.2) is 12.7 Å². The van der Waals surface area contributed by atoms with Gasteiger partial charge in [-0.25, -0.2) is 0 Å². The van der Waals surface area contributed by atoms with E-state index in [-0.39, 0.29) is 29.5 Å². The molecule has 0 fully saturated rings. The van der Waals surface area contributed by atoms with E-state index in [0.29, 0.717) is 6.42 Å². The van der Waals surface area contributed by atoms with Gasteiger partial charge in [-0.3, -0.25) is 9.35 Å². The van der Waals surface area contributed by atoms with E-state index in [1.54, 1.807) is 6.08 Å². The lowest BCUT2D eigenvalue weighted by Gasteiger charge is -2.29. The summed E-state index contributed by atoms with van der Waals surface area (Å²) in [6.45, 7) is 9.12. The van der Waals surface area contributed by atoms with Gasteiger partial charge < -0.3 is 5.32 Å². The highest BCUT2D eigenvalue weighted by molar-refractivity contribution is 7.85. The Hall–Kier alpha value is -0.880. The highest BCUT2D eigenvalue weighted by Crippen LogP contribution is 2.28. The molecule has 1 atom stereocenters. The van der Waals surface area contributed by atoms with Crippen molar-refractivity contribution in [3.8, 4) is 0 Å².